The van der Waals surface area contributed by atoms with Gasteiger partial charge in [0.2, 0.25) is 0 Å². The number of fused-ring (bicyclic) bond motifs is 1. The predicted molar refractivity (Wildman–Crippen MR) is 88.0 cm³/mol. The normalized spacial score (nSPS) is 32.5. The first-order valence-corrected chi connectivity index (χ1v) is 7.90. The molecule has 2 bridgehead atoms. The van der Waals surface area contributed by atoms with Gasteiger partial charge in [-0.3, -0.25) is 9.59 Å². The van der Waals surface area contributed by atoms with Crippen LogP contribution in [0, 0.1) is 23.2 Å². The van der Waals surface area contributed by atoms with Crippen molar-refractivity contribution >= 4 is 17.9 Å². The highest BCUT2D eigenvalue weighted by Crippen LogP contribution is 2.55. The van der Waals surface area contributed by atoms with Crippen molar-refractivity contribution in [1.29, 1.82) is 0 Å². The molecule has 3 fully saturated rings. The van der Waals surface area contributed by atoms with Gasteiger partial charge >= 0.3 is 17.9 Å². The third kappa shape index (κ3) is 3.28. The molecule has 3 rings (SSSR count). The number of ether oxygens (including phenoxy) is 3. The Morgan fingerprint density at radius 3 is 2.54 bits per heavy atom. The topological polar surface area (TPSA) is 78.9 Å². The molecular weight excluding hydrogens is 312 g/mol. The molecule has 0 radical (unpaired) electrons. The van der Waals surface area contributed by atoms with Crippen LogP contribution in [-0.2, 0) is 28.6 Å². The molecule has 5 atom stereocenters. The lowest BCUT2D eigenvalue weighted by atomic mass is 9.88. The molecule has 0 aromatic rings. The van der Waals surface area contributed by atoms with E-state index in [-0.39, 0.29) is 57.4 Å². The van der Waals surface area contributed by atoms with Gasteiger partial charge < -0.3 is 14.2 Å². The van der Waals surface area contributed by atoms with Gasteiger partial charge in [-0.1, -0.05) is 21.8 Å². The van der Waals surface area contributed by atoms with Crippen LogP contribution in [0.25, 0.3) is 0 Å². The van der Waals surface area contributed by atoms with Crippen molar-refractivity contribution in [3.05, 3.63) is 0 Å². The van der Waals surface area contributed by atoms with E-state index in [2.05, 4.69) is 0 Å². The second-order valence-corrected chi connectivity index (χ2v) is 7.17. The molecule has 2 saturated carbocycles. The molecular formula is C18H30O6. The van der Waals surface area contributed by atoms with Crippen molar-refractivity contribution in [3.63, 3.8) is 0 Å². The maximum Gasteiger partial charge on any atom is 0.344 e. The Balaban J connectivity index is 0.00000144. The third-order valence-corrected chi connectivity index (χ3v) is 5.44. The number of esters is 3. The fourth-order valence-corrected chi connectivity index (χ4v) is 3.71. The van der Waals surface area contributed by atoms with Gasteiger partial charge in [-0.15, -0.1) is 0 Å². The van der Waals surface area contributed by atoms with Gasteiger partial charge in [0.15, 0.2) is 6.61 Å². The van der Waals surface area contributed by atoms with Crippen molar-refractivity contribution in [2.24, 2.45) is 23.2 Å². The monoisotopic (exact) mass is 342 g/mol. The molecule has 3 aliphatic rings. The van der Waals surface area contributed by atoms with E-state index in [0.29, 0.717) is 6.42 Å². The molecule has 1 heterocycles. The van der Waals surface area contributed by atoms with Crippen LogP contribution in [0.4, 0.5) is 0 Å². The van der Waals surface area contributed by atoms with Gasteiger partial charge in [-0.25, -0.2) is 4.79 Å². The van der Waals surface area contributed by atoms with E-state index in [4.69, 9.17) is 14.2 Å². The van der Waals surface area contributed by atoms with Crippen LogP contribution < -0.4 is 0 Å². The lowest BCUT2D eigenvalue weighted by Crippen LogP contribution is -2.37. The first kappa shape index (κ1) is 20.5. The van der Waals surface area contributed by atoms with E-state index in [9.17, 15) is 14.4 Å². The molecule has 0 aromatic carbocycles. The second-order valence-electron chi connectivity index (χ2n) is 7.17. The lowest BCUT2D eigenvalue weighted by Gasteiger charge is -2.25. The number of carbonyl (C=O) groups is 3. The molecule has 1 saturated heterocycles. The Morgan fingerprint density at radius 2 is 1.92 bits per heavy atom. The molecule has 24 heavy (non-hydrogen) atoms. The van der Waals surface area contributed by atoms with Crippen LogP contribution in [0.5, 0.6) is 0 Å². The van der Waals surface area contributed by atoms with Gasteiger partial charge in [-0.2, -0.15) is 0 Å². The Kier molecular flexibility index (Phi) is 6.06. The molecule has 0 aromatic heterocycles. The lowest BCUT2D eigenvalue weighted by molar-refractivity contribution is -0.172. The summed E-state index contributed by atoms with van der Waals surface area (Å²) >= 11 is 0. The van der Waals surface area contributed by atoms with E-state index < -0.39 is 17.4 Å². The third-order valence-electron chi connectivity index (χ3n) is 5.44. The molecule has 2 aliphatic carbocycles. The van der Waals surface area contributed by atoms with Crippen molar-refractivity contribution in [2.45, 2.75) is 67.1 Å². The Hall–Kier alpha value is -1.59. The average Bonchev–Trinajstić information content (AvgIpc) is 3.09. The standard InChI is InChI=1S/C16H22O6.2CH4/c1-4-16(2,3)15(19)20-7-11(17)21-12-8-5-9-10(6-8)14(18)22-13(9)12;;/h8-10,12-13H,4-7H2,1-3H3;2*1H4. The highest BCUT2D eigenvalue weighted by atomic mass is 16.6. The largest absolute Gasteiger partial charge is 0.458 e. The Morgan fingerprint density at radius 1 is 1.25 bits per heavy atom. The summed E-state index contributed by atoms with van der Waals surface area (Å²) in [7, 11) is 0. The molecule has 138 valence electrons. The number of hydrogen-bond donors (Lipinski definition) is 0. The molecule has 6 heteroatoms. The van der Waals surface area contributed by atoms with Gasteiger partial charge in [0.1, 0.15) is 12.2 Å². The minimum atomic E-state index is -0.610. The quantitative estimate of drug-likeness (QED) is 0.565. The summed E-state index contributed by atoms with van der Waals surface area (Å²) in [4.78, 5) is 35.4. The van der Waals surface area contributed by atoms with Crippen LogP contribution in [0.3, 0.4) is 0 Å². The van der Waals surface area contributed by atoms with Crippen LogP contribution in [-0.4, -0.2) is 36.7 Å². The van der Waals surface area contributed by atoms with Gasteiger partial charge in [0.05, 0.1) is 11.3 Å². The fourth-order valence-electron chi connectivity index (χ4n) is 3.71. The Labute approximate surface area is 144 Å². The highest BCUT2D eigenvalue weighted by molar-refractivity contribution is 5.80. The zero-order valence-corrected chi connectivity index (χ0v) is 13.2. The minimum Gasteiger partial charge on any atom is -0.458 e. The van der Waals surface area contributed by atoms with Crippen LogP contribution in [0.1, 0.15) is 54.9 Å². The summed E-state index contributed by atoms with van der Waals surface area (Å²) in [5.41, 5.74) is -0.610. The summed E-state index contributed by atoms with van der Waals surface area (Å²) in [6, 6.07) is 0. The first-order chi connectivity index (χ1) is 10.3. The summed E-state index contributed by atoms with van der Waals surface area (Å²) in [5.74, 6) is -0.764. The van der Waals surface area contributed by atoms with Crippen molar-refractivity contribution in [1.82, 2.24) is 0 Å². The van der Waals surface area contributed by atoms with E-state index in [1.54, 1.807) is 13.8 Å². The van der Waals surface area contributed by atoms with Crippen LogP contribution in [0.2, 0.25) is 0 Å². The summed E-state index contributed by atoms with van der Waals surface area (Å²) in [6.45, 7) is 5.05. The van der Waals surface area contributed by atoms with Gasteiger partial charge in [0, 0.05) is 11.8 Å². The number of hydrogen-bond acceptors (Lipinski definition) is 6. The maximum atomic E-state index is 11.9. The van der Waals surface area contributed by atoms with Crippen molar-refractivity contribution in [3.8, 4) is 0 Å². The van der Waals surface area contributed by atoms with E-state index >= 15 is 0 Å². The molecule has 6 nitrogen and oxygen atoms in total. The van der Waals surface area contributed by atoms with E-state index in [0.717, 1.165) is 12.8 Å². The second kappa shape index (κ2) is 7.11. The molecule has 0 N–H and O–H groups in total. The van der Waals surface area contributed by atoms with E-state index in [1.165, 1.54) is 0 Å². The predicted octanol–water partition coefficient (Wildman–Crippen LogP) is 2.73. The number of carbonyl (C=O) groups excluding carboxylic acids is 3. The number of rotatable bonds is 5. The minimum absolute atomic E-state index is 0. The molecule has 0 spiro atoms. The van der Waals surface area contributed by atoms with Crippen molar-refractivity contribution < 1.29 is 28.6 Å². The summed E-state index contributed by atoms with van der Waals surface area (Å²) in [6.07, 6.45) is 1.57. The zero-order valence-electron chi connectivity index (χ0n) is 13.2. The SMILES string of the molecule is C.C.CCC(C)(C)C(=O)OCC(=O)OC1C2CC3C(=O)OC1C3C2. The van der Waals surface area contributed by atoms with Crippen molar-refractivity contribution in [2.75, 3.05) is 6.61 Å². The molecule has 0 amide bonds. The van der Waals surface area contributed by atoms with Crippen LogP contribution >= 0.6 is 0 Å². The van der Waals surface area contributed by atoms with E-state index in [1.807, 2.05) is 6.92 Å². The summed E-state index contributed by atoms with van der Waals surface area (Å²) < 4.78 is 15.8. The first-order valence-electron chi connectivity index (χ1n) is 7.90. The zero-order chi connectivity index (χ0) is 16.1. The van der Waals surface area contributed by atoms with Crippen LogP contribution in [0.15, 0.2) is 0 Å². The van der Waals surface area contributed by atoms with Gasteiger partial charge in [-0.05, 0) is 33.1 Å². The summed E-state index contributed by atoms with van der Waals surface area (Å²) in [5, 5.41) is 0. The van der Waals surface area contributed by atoms with Gasteiger partial charge in [0.25, 0.3) is 0 Å². The average molecular weight is 342 g/mol. The maximum absolute atomic E-state index is 11.9. The molecule has 5 unspecified atom stereocenters. The smallest absolute Gasteiger partial charge is 0.344 e. The molecule has 1 aliphatic heterocycles. The fraction of sp³-hybridized carbons (Fsp3) is 0.833. The Bertz CT molecular complexity index is 512. The highest BCUT2D eigenvalue weighted by Gasteiger charge is 2.63.